The average Bonchev–Trinajstić information content (AvgIpc) is 2.43. The van der Waals surface area contributed by atoms with Crippen LogP contribution in [0.1, 0.15) is 12.5 Å². The van der Waals surface area contributed by atoms with E-state index in [9.17, 15) is 18.0 Å². The molecule has 0 saturated carbocycles. The molecule has 126 valence electrons. The Hall–Kier alpha value is -1.76. The first-order valence-corrected chi connectivity index (χ1v) is 10.8. The lowest BCUT2D eigenvalue weighted by atomic mass is 10.0. The highest BCUT2D eigenvalue weighted by Gasteiger charge is 2.48. The van der Waals surface area contributed by atoms with Crippen LogP contribution in [-0.4, -0.2) is 32.9 Å². The zero-order valence-electron chi connectivity index (χ0n) is 13.5. The number of benzene rings is 1. The molecule has 2 rings (SSSR count). The van der Waals surface area contributed by atoms with Crippen molar-refractivity contribution >= 4 is 25.3 Å². The lowest BCUT2D eigenvalue weighted by Crippen LogP contribution is -2.42. The monoisotopic (exact) mass is 344 g/mol. The van der Waals surface area contributed by atoms with Gasteiger partial charge in [0.05, 0.1) is 20.3 Å². The van der Waals surface area contributed by atoms with Gasteiger partial charge in [-0.1, -0.05) is 37.0 Å². The lowest BCUT2D eigenvalue weighted by Gasteiger charge is -2.29. The van der Waals surface area contributed by atoms with Crippen molar-refractivity contribution < 1.29 is 27.4 Å². The van der Waals surface area contributed by atoms with Gasteiger partial charge in [0.25, 0.3) is 0 Å². The van der Waals surface area contributed by atoms with Gasteiger partial charge < -0.3 is 9.47 Å². The smallest absolute Gasteiger partial charge is 0.430 e. The van der Waals surface area contributed by atoms with Gasteiger partial charge >= 0.3 is 12.1 Å². The Labute approximate surface area is 134 Å². The van der Waals surface area contributed by atoms with Crippen LogP contribution in [0.2, 0.25) is 19.6 Å². The summed E-state index contributed by atoms with van der Waals surface area (Å²) in [6.07, 6.45) is -5.75. The number of halogens is 3. The van der Waals surface area contributed by atoms with Crippen LogP contribution in [0.25, 0.3) is 6.08 Å². The lowest BCUT2D eigenvalue weighted by molar-refractivity contribution is -0.187. The zero-order valence-corrected chi connectivity index (χ0v) is 14.5. The molecule has 0 radical (unpaired) electrons. The van der Waals surface area contributed by atoms with E-state index < -0.39 is 31.9 Å². The van der Waals surface area contributed by atoms with Gasteiger partial charge in [0.1, 0.15) is 5.75 Å². The van der Waals surface area contributed by atoms with Gasteiger partial charge in [0.2, 0.25) is 6.10 Å². The molecule has 23 heavy (non-hydrogen) atoms. The molecule has 0 amide bonds. The molecule has 7 heteroatoms. The molecule has 0 saturated heterocycles. The number of esters is 1. The molecule has 0 N–H and O–H groups in total. The predicted molar refractivity (Wildman–Crippen MR) is 84.5 cm³/mol. The maximum Gasteiger partial charge on any atom is 0.430 e. The van der Waals surface area contributed by atoms with Crippen LogP contribution in [0, 0.1) is 0 Å². The number of rotatable bonds is 3. The van der Waals surface area contributed by atoms with Crippen LogP contribution in [0.15, 0.2) is 23.8 Å². The summed E-state index contributed by atoms with van der Waals surface area (Å²) in [6, 6.07) is 5.13. The number of hydrogen-bond acceptors (Lipinski definition) is 3. The van der Waals surface area contributed by atoms with Crippen LogP contribution in [-0.2, 0) is 9.53 Å². The first-order chi connectivity index (χ1) is 10.5. The third kappa shape index (κ3) is 3.77. The quantitative estimate of drug-likeness (QED) is 0.622. The van der Waals surface area contributed by atoms with E-state index in [1.54, 1.807) is 25.1 Å². The summed E-state index contributed by atoms with van der Waals surface area (Å²) in [5.41, 5.74) is -0.0342. The third-order valence-electron chi connectivity index (χ3n) is 3.52. The molecule has 1 unspecified atom stereocenters. The summed E-state index contributed by atoms with van der Waals surface area (Å²) in [6.45, 7) is 7.94. The number of hydrogen-bond donors (Lipinski definition) is 0. The van der Waals surface area contributed by atoms with Crippen molar-refractivity contribution in [3.63, 3.8) is 0 Å². The molecule has 0 fully saturated rings. The molecule has 1 heterocycles. The van der Waals surface area contributed by atoms with Gasteiger partial charge in [-0.05, 0) is 19.1 Å². The topological polar surface area (TPSA) is 35.5 Å². The van der Waals surface area contributed by atoms with Crippen LogP contribution in [0.4, 0.5) is 13.2 Å². The predicted octanol–water partition coefficient (Wildman–Crippen LogP) is 3.50. The Morgan fingerprint density at radius 1 is 1.30 bits per heavy atom. The highest BCUT2D eigenvalue weighted by atomic mass is 28.3. The van der Waals surface area contributed by atoms with Crippen molar-refractivity contribution in [1.82, 2.24) is 0 Å². The number of fused-ring (bicyclic) bond motifs is 1. The van der Waals surface area contributed by atoms with Crippen molar-refractivity contribution in [2.45, 2.75) is 38.8 Å². The maximum absolute atomic E-state index is 13.2. The van der Waals surface area contributed by atoms with E-state index in [0.29, 0.717) is 5.56 Å². The van der Waals surface area contributed by atoms with Gasteiger partial charge in [-0.15, -0.1) is 0 Å². The van der Waals surface area contributed by atoms with Crippen molar-refractivity contribution in [3.8, 4) is 5.75 Å². The maximum atomic E-state index is 13.2. The van der Waals surface area contributed by atoms with Gasteiger partial charge in [-0.25, -0.2) is 4.79 Å². The molecular formula is C16H19F3O3Si. The van der Waals surface area contributed by atoms with Crippen molar-refractivity contribution in [3.05, 3.63) is 29.3 Å². The van der Waals surface area contributed by atoms with Crippen molar-refractivity contribution in [2.75, 3.05) is 6.61 Å². The first kappa shape index (κ1) is 17.6. The van der Waals surface area contributed by atoms with Crippen LogP contribution < -0.4 is 9.92 Å². The largest absolute Gasteiger partial charge is 0.475 e. The number of alkyl halides is 3. The molecule has 1 aliphatic heterocycles. The van der Waals surface area contributed by atoms with Crippen LogP contribution in [0.3, 0.4) is 0 Å². The second-order valence-electron chi connectivity index (χ2n) is 6.36. The highest BCUT2D eigenvalue weighted by molar-refractivity contribution is 6.88. The standard InChI is InChI=1S/C16H19F3O3Si/c1-5-21-15(20)12-9-10-8-11(23(2,3)4)6-7-13(10)22-14(12)16(17,18)19/h6-9,14H,5H2,1-4H3. The summed E-state index contributed by atoms with van der Waals surface area (Å²) in [5.74, 6) is -0.874. The SMILES string of the molecule is CCOC(=O)C1=Cc2cc([Si](C)(C)C)ccc2OC1C(F)(F)F. The second kappa shape index (κ2) is 6.03. The molecule has 1 atom stereocenters. The second-order valence-corrected chi connectivity index (χ2v) is 11.4. The minimum Gasteiger partial charge on any atom is -0.475 e. The van der Waals surface area contributed by atoms with E-state index >= 15 is 0 Å². The van der Waals surface area contributed by atoms with E-state index in [1.165, 1.54) is 6.08 Å². The third-order valence-corrected chi connectivity index (χ3v) is 5.57. The van der Waals surface area contributed by atoms with Gasteiger partial charge in [0, 0.05) is 5.56 Å². The molecule has 1 aromatic carbocycles. The Morgan fingerprint density at radius 2 is 1.96 bits per heavy atom. The summed E-state index contributed by atoms with van der Waals surface area (Å²) in [5, 5.41) is 1.07. The van der Waals surface area contributed by atoms with Crippen LogP contribution >= 0.6 is 0 Å². The summed E-state index contributed by atoms with van der Waals surface area (Å²) in [7, 11) is -1.63. The minimum absolute atomic E-state index is 0.00253. The molecule has 1 aromatic rings. The number of ether oxygens (including phenoxy) is 2. The number of carbonyl (C=O) groups excluding carboxylic acids is 1. The Kier molecular flexibility index (Phi) is 4.61. The fraction of sp³-hybridized carbons (Fsp3) is 0.438. The fourth-order valence-corrected chi connectivity index (χ4v) is 3.46. The van der Waals surface area contributed by atoms with Crippen molar-refractivity contribution in [1.29, 1.82) is 0 Å². The number of carbonyl (C=O) groups is 1. The molecular weight excluding hydrogens is 325 g/mol. The van der Waals surface area contributed by atoms with Crippen molar-refractivity contribution in [2.24, 2.45) is 0 Å². The zero-order chi connectivity index (χ0) is 17.4. The highest BCUT2D eigenvalue weighted by Crippen LogP contribution is 2.37. The molecule has 1 aliphatic rings. The molecule has 0 spiro atoms. The van der Waals surface area contributed by atoms with Gasteiger partial charge in [-0.3, -0.25) is 0 Å². The minimum atomic E-state index is -4.69. The van der Waals surface area contributed by atoms with E-state index in [-0.39, 0.29) is 12.4 Å². The summed E-state index contributed by atoms with van der Waals surface area (Å²) >= 11 is 0. The van der Waals surface area contributed by atoms with E-state index in [2.05, 4.69) is 19.6 Å². The summed E-state index contributed by atoms with van der Waals surface area (Å²) < 4.78 is 49.4. The average molecular weight is 344 g/mol. The van der Waals surface area contributed by atoms with E-state index in [0.717, 1.165) is 5.19 Å². The van der Waals surface area contributed by atoms with E-state index in [1.807, 2.05) is 0 Å². The molecule has 3 nitrogen and oxygen atoms in total. The Morgan fingerprint density at radius 3 is 2.48 bits per heavy atom. The molecule has 0 aliphatic carbocycles. The Balaban J connectivity index is 2.52. The van der Waals surface area contributed by atoms with Crippen LogP contribution in [0.5, 0.6) is 5.75 Å². The van der Waals surface area contributed by atoms with E-state index in [4.69, 9.17) is 9.47 Å². The summed E-state index contributed by atoms with van der Waals surface area (Å²) in [4.78, 5) is 11.9. The Bertz CT molecular complexity index is 645. The van der Waals surface area contributed by atoms with Gasteiger partial charge in [-0.2, -0.15) is 13.2 Å². The van der Waals surface area contributed by atoms with Gasteiger partial charge in [0.15, 0.2) is 0 Å². The normalized spacial score (nSPS) is 17.9. The molecule has 0 aromatic heterocycles. The fourth-order valence-electron chi connectivity index (χ4n) is 2.29. The first-order valence-electron chi connectivity index (χ1n) is 7.30. The molecule has 0 bridgehead atoms.